The van der Waals surface area contributed by atoms with Crippen LogP contribution in [0.5, 0.6) is 11.5 Å². The molecule has 0 atom stereocenters. The van der Waals surface area contributed by atoms with E-state index in [0.29, 0.717) is 25.3 Å². The number of nitrogens with zero attached hydrogens (tertiary/aromatic N) is 2. The van der Waals surface area contributed by atoms with E-state index >= 15 is 0 Å². The van der Waals surface area contributed by atoms with Crippen molar-refractivity contribution in [1.82, 2.24) is 15.3 Å². The lowest BCUT2D eigenvalue weighted by molar-refractivity contribution is 0.0946. The lowest BCUT2D eigenvalue weighted by Crippen LogP contribution is -2.26. The fourth-order valence-corrected chi connectivity index (χ4v) is 2.32. The third-order valence-electron chi connectivity index (χ3n) is 2.85. The number of phenolic OH excluding ortho intramolecular Hbond substituents is 1. The number of rotatable bonds is 6. The number of aromatic nitrogens is 2. The number of aryl methyl sites for hydroxylation is 1. The van der Waals surface area contributed by atoms with Gasteiger partial charge < -0.3 is 15.2 Å². The summed E-state index contributed by atoms with van der Waals surface area (Å²) in [6.45, 7) is 2.51. The summed E-state index contributed by atoms with van der Waals surface area (Å²) >= 11 is 11.9. The predicted molar refractivity (Wildman–Crippen MR) is 87.3 cm³/mol. The fourth-order valence-electron chi connectivity index (χ4n) is 1.73. The molecule has 0 saturated heterocycles. The van der Waals surface area contributed by atoms with E-state index in [1.807, 2.05) is 0 Å². The Bertz CT molecular complexity index is 670. The maximum absolute atomic E-state index is 11.8. The zero-order valence-electron chi connectivity index (χ0n) is 12.3. The summed E-state index contributed by atoms with van der Waals surface area (Å²) in [6.07, 6.45) is 3.52. The maximum Gasteiger partial charge on any atom is 0.271 e. The Morgan fingerprint density at radius 2 is 1.96 bits per heavy atom. The van der Waals surface area contributed by atoms with Gasteiger partial charge in [0.15, 0.2) is 5.75 Å². The molecule has 0 unspecified atom stereocenters. The monoisotopic (exact) mass is 355 g/mol. The van der Waals surface area contributed by atoms with Gasteiger partial charge in [-0.1, -0.05) is 23.2 Å². The van der Waals surface area contributed by atoms with Gasteiger partial charge in [-0.05, 0) is 13.3 Å². The van der Waals surface area contributed by atoms with Crippen LogP contribution in [0.2, 0.25) is 10.0 Å². The third-order valence-corrected chi connectivity index (χ3v) is 3.41. The van der Waals surface area contributed by atoms with E-state index in [9.17, 15) is 9.90 Å². The average Bonchev–Trinajstić information content (AvgIpc) is 2.49. The van der Waals surface area contributed by atoms with Gasteiger partial charge in [-0.25, -0.2) is 4.98 Å². The van der Waals surface area contributed by atoms with Crippen molar-refractivity contribution in [2.75, 3.05) is 13.2 Å². The number of hydrogen-bond acceptors (Lipinski definition) is 5. The normalized spacial score (nSPS) is 10.4. The molecule has 1 aromatic heterocycles. The van der Waals surface area contributed by atoms with Gasteiger partial charge in [0.1, 0.15) is 11.4 Å². The van der Waals surface area contributed by atoms with Crippen LogP contribution in [0.25, 0.3) is 0 Å². The second-order valence-corrected chi connectivity index (χ2v) is 5.55. The van der Waals surface area contributed by atoms with Crippen molar-refractivity contribution in [3.63, 3.8) is 0 Å². The highest BCUT2D eigenvalue weighted by molar-refractivity contribution is 6.37. The topological polar surface area (TPSA) is 84.3 Å². The number of hydrogen-bond donors (Lipinski definition) is 2. The van der Waals surface area contributed by atoms with Crippen molar-refractivity contribution in [3.05, 3.63) is 46.0 Å². The number of benzene rings is 1. The molecule has 2 N–H and O–H groups in total. The van der Waals surface area contributed by atoms with Crippen LogP contribution in [-0.2, 0) is 0 Å². The minimum atomic E-state index is -0.293. The van der Waals surface area contributed by atoms with Crippen molar-refractivity contribution >= 4 is 29.1 Å². The summed E-state index contributed by atoms with van der Waals surface area (Å²) in [5, 5.41) is 12.5. The largest absolute Gasteiger partial charge is 0.508 e. The van der Waals surface area contributed by atoms with Crippen molar-refractivity contribution < 1.29 is 14.6 Å². The van der Waals surface area contributed by atoms with E-state index in [1.54, 1.807) is 6.92 Å². The second-order valence-electron chi connectivity index (χ2n) is 4.74. The van der Waals surface area contributed by atoms with Gasteiger partial charge in [0.05, 0.1) is 28.5 Å². The number of aromatic hydroxyl groups is 1. The molecular weight excluding hydrogens is 341 g/mol. The van der Waals surface area contributed by atoms with Crippen LogP contribution in [0.1, 0.15) is 22.6 Å². The van der Waals surface area contributed by atoms with Crippen molar-refractivity contribution in [2.24, 2.45) is 0 Å². The zero-order chi connectivity index (χ0) is 16.8. The van der Waals surface area contributed by atoms with Gasteiger partial charge in [-0.15, -0.1) is 0 Å². The molecule has 0 aliphatic carbocycles. The minimum Gasteiger partial charge on any atom is -0.508 e. The van der Waals surface area contributed by atoms with Crippen LogP contribution in [-0.4, -0.2) is 34.1 Å². The summed E-state index contributed by atoms with van der Waals surface area (Å²) < 4.78 is 5.47. The minimum absolute atomic E-state index is 0.0289. The first-order valence-corrected chi connectivity index (χ1v) is 7.60. The molecule has 1 aromatic carbocycles. The Kier molecular flexibility index (Phi) is 6.01. The molecule has 0 bridgehead atoms. The third kappa shape index (κ3) is 4.97. The van der Waals surface area contributed by atoms with Crippen molar-refractivity contribution in [2.45, 2.75) is 13.3 Å². The Hall–Kier alpha value is -2.05. The van der Waals surface area contributed by atoms with Crippen LogP contribution in [0.3, 0.4) is 0 Å². The number of ether oxygens (including phenoxy) is 1. The van der Waals surface area contributed by atoms with Crippen molar-refractivity contribution in [1.29, 1.82) is 0 Å². The molecule has 6 nitrogen and oxygen atoms in total. The first kappa shape index (κ1) is 17.3. The Balaban J connectivity index is 1.76. The highest BCUT2D eigenvalue weighted by Gasteiger charge is 2.10. The molecule has 23 heavy (non-hydrogen) atoms. The Morgan fingerprint density at radius 1 is 1.26 bits per heavy atom. The highest BCUT2D eigenvalue weighted by atomic mass is 35.5. The van der Waals surface area contributed by atoms with Gasteiger partial charge in [0.2, 0.25) is 0 Å². The highest BCUT2D eigenvalue weighted by Crippen LogP contribution is 2.36. The van der Waals surface area contributed by atoms with Crippen LogP contribution in [0, 0.1) is 6.92 Å². The molecule has 122 valence electrons. The number of phenols is 1. The standard InChI is InChI=1S/C15H15Cl2N3O3/c1-9-7-20-13(8-19-9)15(22)18-3-2-4-23-14-11(16)5-10(21)6-12(14)17/h5-8,21H,2-4H2,1H3,(H,18,22). The number of halogens is 2. The molecule has 1 heterocycles. The maximum atomic E-state index is 11.8. The number of amides is 1. The van der Waals surface area contributed by atoms with E-state index in [2.05, 4.69) is 15.3 Å². The molecule has 0 spiro atoms. The molecule has 2 rings (SSSR count). The van der Waals surface area contributed by atoms with E-state index in [4.69, 9.17) is 27.9 Å². The number of nitrogens with one attached hydrogen (secondary N) is 1. The van der Waals surface area contributed by atoms with E-state index < -0.39 is 0 Å². The SMILES string of the molecule is Cc1cnc(C(=O)NCCCOc2c(Cl)cc(O)cc2Cl)cn1. The predicted octanol–water partition coefficient (Wildman–Crippen LogP) is 3.00. The van der Waals surface area contributed by atoms with Gasteiger partial charge in [-0.3, -0.25) is 9.78 Å². The molecule has 0 aliphatic heterocycles. The Labute approximate surface area is 143 Å². The average molecular weight is 356 g/mol. The fraction of sp³-hybridized carbons (Fsp3) is 0.267. The van der Waals surface area contributed by atoms with E-state index in [0.717, 1.165) is 5.69 Å². The lowest BCUT2D eigenvalue weighted by Gasteiger charge is -2.10. The molecule has 1 amide bonds. The molecule has 0 radical (unpaired) electrons. The zero-order valence-corrected chi connectivity index (χ0v) is 13.9. The van der Waals surface area contributed by atoms with Crippen LogP contribution in [0.15, 0.2) is 24.5 Å². The smallest absolute Gasteiger partial charge is 0.271 e. The van der Waals surface area contributed by atoms with Gasteiger partial charge in [-0.2, -0.15) is 0 Å². The Morgan fingerprint density at radius 3 is 2.57 bits per heavy atom. The van der Waals surface area contributed by atoms with Crippen molar-refractivity contribution in [3.8, 4) is 11.5 Å². The quantitative estimate of drug-likeness (QED) is 0.778. The first-order valence-electron chi connectivity index (χ1n) is 6.85. The summed E-state index contributed by atoms with van der Waals surface area (Å²) in [5.74, 6) is -0.0149. The first-order chi connectivity index (χ1) is 11.0. The summed E-state index contributed by atoms with van der Waals surface area (Å²) in [4.78, 5) is 19.8. The summed E-state index contributed by atoms with van der Waals surface area (Å²) in [5.41, 5.74) is 1.01. The van der Waals surface area contributed by atoms with E-state index in [-0.39, 0.29) is 27.4 Å². The van der Waals surface area contributed by atoms with Gasteiger partial charge in [0.25, 0.3) is 5.91 Å². The lowest BCUT2D eigenvalue weighted by atomic mass is 10.3. The van der Waals surface area contributed by atoms with Gasteiger partial charge in [0, 0.05) is 24.9 Å². The molecular formula is C15H15Cl2N3O3. The van der Waals surface area contributed by atoms with Crippen LogP contribution < -0.4 is 10.1 Å². The summed E-state index contributed by atoms with van der Waals surface area (Å²) in [6, 6.07) is 2.70. The van der Waals surface area contributed by atoms with E-state index in [1.165, 1.54) is 24.5 Å². The summed E-state index contributed by atoms with van der Waals surface area (Å²) in [7, 11) is 0. The van der Waals surface area contributed by atoms with Crippen LogP contribution in [0.4, 0.5) is 0 Å². The second kappa shape index (κ2) is 7.99. The van der Waals surface area contributed by atoms with Gasteiger partial charge >= 0.3 is 0 Å². The molecule has 2 aromatic rings. The molecule has 0 fully saturated rings. The number of carbonyl (C=O) groups is 1. The molecule has 8 heteroatoms. The number of carbonyl (C=O) groups excluding carboxylic acids is 1. The molecule has 0 aliphatic rings. The molecule has 0 saturated carbocycles. The van der Waals surface area contributed by atoms with Crippen LogP contribution >= 0.6 is 23.2 Å².